The standard InChI is InChI=1S/C14H12Cl3N3O2/c15-10-3-7(18)4-11(16)13(10)22-12-5-9(14(17)20-19-12)6-1-8(21)2-6/h3-6,8,21H,1-2,18H2. The van der Waals surface area contributed by atoms with Crippen molar-refractivity contribution >= 4 is 40.5 Å². The van der Waals surface area contributed by atoms with Crippen molar-refractivity contribution in [3.63, 3.8) is 0 Å². The van der Waals surface area contributed by atoms with Crippen molar-refractivity contribution in [2.24, 2.45) is 0 Å². The van der Waals surface area contributed by atoms with Gasteiger partial charge in [0.1, 0.15) is 0 Å². The summed E-state index contributed by atoms with van der Waals surface area (Å²) in [6.45, 7) is 0. The van der Waals surface area contributed by atoms with Crippen LogP contribution in [0.2, 0.25) is 15.2 Å². The van der Waals surface area contributed by atoms with Gasteiger partial charge < -0.3 is 15.6 Å². The Labute approximate surface area is 142 Å². The Hall–Kier alpha value is -1.27. The van der Waals surface area contributed by atoms with Gasteiger partial charge in [0.25, 0.3) is 0 Å². The van der Waals surface area contributed by atoms with Gasteiger partial charge in [-0.2, -0.15) is 0 Å². The molecule has 0 unspecified atom stereocenters. The summed E-state index contributed by atoms with van der Waals surface area (Å²) in [6.07, 6.45) is 1.00. The monoisotopic (exact) mass is 359 g/mol. The smallest absolute Gasteiger partial charge is 0.239 e. The van der Waals surface area contributed by atoms with Crippen molar-refractivity contribution in [1.82, 2.24) is 10.2 Å². The van der Waals surface area contributed by atoms with Crippen LogP contribution in [0.3, 0.4) is 0 Å². The largest absolute Gasteiger partial charge is 0.434 e. The fourth-order valence-corrected chi connectivity index (χ4v) is 3.16. The van der Waals surface area contributed by atoms with Crippen LogP contribution in [0.4, 0.5) is 5.69 Å². The quantitative estimate of drug-likeness (QED) is 0.807. The maximum Gasteiger partial charge on any atom is 0.239 e. The second-order valence-corrected chi connectivity index (χ2v) is 6.34. The summed E-state index contributed by atoms with van der Waals surface area (Å²) < 4.78 is 5.62. The van der Waals surface area contributed by atoms with Crippen LogP contribution in [0, 0.1) is 0 Å². The first-order valence-corrected chi connectivity index (χ1v) is 7.71. The van der Waals surface area contributed by atoms with Crippen LogP contribution in [0.15, 0.2) is 18.2 Å². The van der Waals surface area contributed by atoms with E-state index in [9.17, 15) is 5.11 Å². The van der Waals surface area contributed by atoms with Gasteiger partial charge in [0.2, 0.25) is 5.88 Å². The average Bonchev–Trinajstić information content (AvgIpc) is 2.41. The van der Waals surface area contributed by atoms with Gasteiger partial charge in [-0.25, -0.2) is 0 Å². The highest BCUT2D eigenvalue weighted by atomic mass is 35.5. The van der Waals surface area contributed by atoms with E-state index < -0.39 is 0 Å². The molecule has 0 aliphatic heterocycles. The number of aromatic nitrogens is 2. The van der Waals surface area contributed by atoms with Crippen LogP contribution >= 0.6 is 34.8 Å². The van der Waals surface area contributed by atoms with Gasteiger partial charge >= 0.3 is 0 Å². The van der Waals surface area contributed by atoms with E-state index >= 15 is 0 Å². The van der Waals surface area contributed by atoms with Gasteiger partial charge in [-0.1, -0.05) is 34.8 Å². The Balaban J connectivity index is 1.89. The zero-order valence-electron chi connectivity index (χ0n) is 11.3. The van der Waals surface area contributed by atoms with Crippen LogP contribution in [-0.4, -0.2) is 21.4 Å². The molecule has 3 N–H and O–H groups in total. The minimum absolute atomic E-state index is 0.151. The summed E-state index contributed by atoms with van der Waals surface area (Å²) in [5.74, 6) is 0.640. The third kappa shape index (κ3) is 3.08. The normalized spacial score (nSPS) is 20.5. The van der Waals surface area contributed by atoms with Crippen molar-refractivity contribution < 1.29 is 9.84 Å². The highest BCUT2D eigenvalue weighted by Gasteiger charge is 2.31. The van der Waals surface area contributed by atoms with Crippen LogP contribution in [0.5, 0.6) is 11.6 Å². The molecule has 0 spiro atoms. The molecule has 1 aliphatic carbocycles. The molecular formula is C14H12Cl3N3O2. The first-order valence-electron chi connectivity index (χ1n) is 6.57. The van der Waals surface area contributed by atoms with Gasteiger partial charge in [0, 0.05) is 17.3 Å². The Morgan fingerprint density at radius 2 is 1.73 bits per heavy atom. The minimum atomic E-state index is -0.292. The Morgan fingerprint density at radius 3 is 2.32 bits per heavy atom. The van der Waals surface area contributed by atoms with Crippen LogP contribution in [0.25, 0.3) is 0 Å². The van der Waals surface area contributed by atoms with Gasteiger partial charge in [-0.3, -0.25) is 0 Å². The third-order valence-electron chi connectivity index (χ3n) is 3.53. The van der Waals surface area contributed by atoms with Crippen molar-refractivity contribution in [3.8, 4) is 11.6 Å². The zero-order chi connectivity index (χ0) is 15.9. The minimum Gasteiger partial charge on any atom is -0.434 e. The summed E-state index contributed by atoms with van der Waals surface area (Å²) in [5, 5.41) is 18.0. The van der Waals surface area contributed by atoms with Crippen molar-refractivity contribution in [1.29, 1.82) is 0 Å². The van der Waals surface area contributed by atoms with Gasteiger partial charge in [-0.05, 0) is 30.9 Å². The van der Waals surface area contributed by atoms with E-state index in [0.717, 1.165) is 5.56 Å². The molecule has 0 saturated heterocycles. The fraction of sp³-hybridized carbons (Fsp3) is 0.286. The first-order chi connectivity index (χ1) is 10.4. The molecule has 8 heteroatoms. The second kappa shape index (κ2) is 6.08. The highest BCUT2D eigenvalue weighted by molar-refractivity contribution is 6.37. The Morgan fingerprint density at radius 1 is 1.09 bits per heavy atom. The molecule has 0 atom stereocenters. The fourth-order valence-electron chi connectivity index (χ4n) is 2.33. The number of nitrogens with zero attached hydrogens (tertiary/aromatic N) is 2. The van der Waals surface area contributed by atoms with E-state index in [0.29, 0.717) is 23.7 Å². The SMILES string of the molecule is Nc1cc(Cl)c(Oc2cc(C3CC(O)C3)c(Cl)nn2)c(Cl)c1. The predicted octanol–water partition coefficient (Wildman–Crippen LogP) is 4.05. The number of aliphatic hydroxyl groups is 1. The molecule has 1 fully saturated rings. The topological polar surface area (TPSA) is 81.3 Å². The number of benzene rings is 1. The summed E-state index contributed by atoms with van der Waals surface area (Å²) >= 11 is 18.2. The molecule has 1 aliphatic rings. The van der Waals surface area contributed by atoms with Crippen molar-refractivity contribution in [2.45, 2.75) is 24.9 Å². The number of ether oxygens (including phenoxy) is 1. The molecule has 0 bridgehead atoms. The lowest BCUT2D eigenvalue weighted by Gasteiger charge is -2.31. The molecule has 0 amide bonds. The van der Waals surface area contributed by atoms with Crippen LogP contribution in [0.1, 0.15) is 24.3 Å². The van der Waals surface area contributed by atoms with Gasteiger partial charge in [0.05, 0.1) is 16.1 Å². The van der Waals surface area contributed by atoms with Gasteiger partial charge in [-0.15, -0.1) is 10.2 Å². The number of nitrogen functional groups attached to an aromatic ring is 1. The molecule has 2 aromatic rings. The summed E-state index contributed by atoms with van der Waals surface area (Å²) in [5.41, 5.74) is 6.88. The lowest BCUT2D eigenvalue weighted by atomic mass is 9.78. The van der Waals surface area contributed by atoms with E-state index in [1.807, 2.05) is 0 Å². The number of halogens is 3. The molecular weight excluding hydrogens is 349 g/mol. The number of aliphatic hydroxyl groups excluding tert-OH is 1. The third-order valence-corrected chi connectivity index (χ3v) is 4.39. The summed E-state index contributed by atoms with van der Waals surface area (Å²) in [4.78, 5) is 0. The second-order valence-electron chi connectivity index (χ2n) is 5.17. The number of anilines is 1. The molecule has 1 aromatic heterocycles. The first kappa shape index (κ1) is 15.6. The van der Waals surface area contributed by atoms with E-state index in [2.05, 4.69) is 10.2 Å². The molecule has 5 nitrogen and oxygen atoms in total. The van der Waals surface area contributed by atoms with E-state index in [1.165, 1.54) is 12.1 Å². The lowest BCUT2D eigenvalue weighted by molar-refractivity contribution is 0.0744. The number of hydrogen-bond donors (Lipinski definition) is 2. The maximum absolute atomic E-state index is 9.42. The number of rotatable bonds is 3. The summed E-state index contributed by atoms with van der Waals surface area (Å²) in [6, 6.07) is 4.76. The van der Waals surface area contributed by atoms with E-state index in [1.54, 1.807) is 6.07 Å². The Kier molecular flexibility index (Phi) is 4.32. The molecule has 1 aromatic carbocycles. The summed E-state index contributed by atoms with van der Waals surface area (Å²) in [7, 11) is 0. The van der Waals surface area contributed by atoms with Crippen LogP contribution in [-0.2, 0) is 0 Å². The lowest BCUT2D eigenvalue weighted by Crippen LogP contribution is -2.26. The zero-order valence-corrected chi connectivity index (χ0v) is 13.5. The molecule has 1 saturated carbocycles. The van der Waals surface area contributed by atoms with Crippen molar-refractivity contribution in [2.75, 3.05) is 5.73 Å². The number of hydrogen-bond acceptors (Lipinski definition) is 5. The van der Waals surface area contributed by atoms with E-state index in [-0.39, 0.29) is 33.7 Å². The molecule has 0 radical (unpaired) electrons. The maximum atomic E-state index is 9.42. The molecule has 3 rings (SSSR count). The molecule has 1 heterocycles. The molecule has 22 heavy (non-hydrogen) atoms. The van der Waals surface area contributed by atoms with E-state index in [4.69, 9.17) is 45.3 Å². The van der Waals surface area contributed by atoms with Crippen molar-refractivity contribution in [3.05, 3.63) is 39.0 Å². The molecule has 116 valence electrons. The van der Waals surface area contributed by atoms with Gasteiger partial charge in [0.15, 0.2) is 10.9 Å². The average molecular weight is 361 g/mol. The Bertz CT molecular complexity index is 697. The highest BCUT2D eigenvalue weighted by Crippen LogP contribution is 2.42. The predicted molar refractivity (Wildman–Crippen MR) is 86.0 cm³/mol. The number of nitrogens with two attached hydrogens (primary N) is 1. The van der Waals surface area contributed by atoms with Crippen LogP contribution < -0.4 is 10.5 Å².